The number of anilines is 2. The van der Waals surface area contributed by atoms with E-state index in [4.69, 9.17) is 21.1 Å². The maximum absolute atomic E-state index is 14.9. The molecule has 7 rings (SSSR count). The molecule has 3 N–H and O–H groups in total. The fraction of sp³-hybridized carbons (Fsp3) is 0.325. The molecular weight excluding hydrogens is 867 g/mol. The summed E-state index contributed by atoms with van der Waals surface area (Å²) in [6.07, 6.45) is -7.52. The van der Waals surface area contributed by atoms with E-state index in [0.717, 1.165) is 22.8 Å². The summed E-state index contributed by atoms with van der Waals surface area (Å²) in [6, 6.07) is 12.7. The number of sulfonamides is 1. The fourth-order valence-corrected chi connectivity index (χ4v) is 8.73. The molecule has 0 bridgehead atoms. The van der Waals surface area contributed by atoms with E-state index in [2.05, 4.69) is 25.1 Å². The number of carbonyl (C=O) groups is 1. The second kappa shape index (κ2) is 17.4. The molecule has 3 aromatic heterocycles. The third-order valence-corrected chi connectivity index (χ3v) is 11.5. The number of benzene rings is 3. The van der Waals surface area contributed by atoms with Gasteiger partial charge in [0.05, 0.1) is 58.1 Å². The maximum Gasteiger partial charge on any atom is 0.408 e. The van der Waals surface area contributed by atoms with Crippen LogP contribution in [0.2, 0.25) is 5.02 Å². The summed E-state index contributed by atoms with van der Waals surface area (Å²) in [5.74, 6) is -2.63. The zero-order valence-corrected chi connectivity index (χ0v) is 34.7. The van der Waals surface area contributed by atoms with Gasteiger partial charge in [0.15, 0.2) is 11.5 Å². The lowest BCUT2D eigenvalue weighted by Crippen LogP contribution is -2.45. The molecule has 1 saturated heterocycles. The van der Waals surface area contributed by atoms with Gasteiger partial charge >= 0.3 is 12.3 Å². The molecule has 62 heavy (non-hydrogen) atoms. The molecular formula is C40H38ClF5N8O7S. The van der Waals surface area contributed by atoms with E-state index in [-0.39, 0.29) is 51.3 Å². The van der Waals surface area contributed by atoms with Crippen molar-refractivity contribution in [1.29, 1.82) is 0 Å². The molecule has 22 heteroatoms. The van der Waals surface area contributed by atoms with Crippen LogP contribution in [0.4, 0.5) is 38.4 Å². The lowest BCUT2D eigenvalue weighted by Gasteiger charge is -2.36. The van der Waals surface area contributed by atoms with E-state index in [9.17, 15) is 45.1 Å². The van der Waals surface area contributed by atoms with E-state index in [1.807, 2.05) is 18.7 Å². The number of halogens is 6. The quantitative estimate of drug-likeness (QED) is 0.104. The highest BCUT2D eigenvalue weighted by atomic mass is 35.5. The molecule has 0 spiro atoms. The summed E-state index contributed by atoms with van der Waals surface area (Å²) in [5, 5.41) is 15.5. The molecule has 3 atom stereocenters. The summed E-state index contributed by atoms with van der Waals surface area (Å²) in [4.78, 5) is 38.4. The Morgan fingerprint density at radius 3 is 2.31 bits per heavy atom. The minimum Gasteiger partial charge on any atom is -0.497 e. The highest BCUT2D eigenvalue weighted by molar-refractivity contribution is 7.92. The average Bonchev–Trinajstić information content (AvgIpc) is 3.52. The van der Waals surface area contributed by atoms with Crippen LogP contribution in [0.15, 0.2) is 71.5 Å². The number of hydrogen-bond donors (Lipinski definition) is 3. The summed E-state index contributed by atoms with van der Waals surface area (Å²) in [5.41, 5.74) is -1.45. The number of methoxy groups -OCH3 is 1. The SMILES string of the molecule is COc1ccc(CCS(=O)(=O)Nc2nn(CC(F)(F)F)c3c(-n4c([C@H](Cc5cc(F)cc(F)c5)NC(=O)O)nc5nc(N6C[C@@H](C)O[C@@H](C)C6)ccc5c4=O)ccc(Cl)c23)cc1. The Kier molecular flexibility index (Phi) is 12.3. The number of nitrogens with one attached hydrogen (secondary N) is 2. The van der Waals surface area contributed by atoms with Gasteiger partial charge in [-0.15, -0.1) is 0 Å². The standard InChI is InChI=1S/C40H38ClF5N8O7S/c1-21-18-52(19-22(2)61-21)32-11-8-28-35(48-32)49-37(30(47-39(56)57)16-24-14-25(42)17-26(43)15-24)54(38(28)55)31-10-9-29(41)33-34(31)53(20-40(44,45)46)50-36(33)51-62(58,59)13-12-23-4-6-27(60-3)7-5-23/h4-11,14-15,17,21-22,30,47H,12-13,16,18-20H2,1-3H3,(H,50,51)(H,56,57)/t21-,22+,30-/m0/s1. The van der Waals surface area contributed by atoms with Crippen LogP contribution in [-0.2, 0) is 34.1 Å². The average molecular weight is 905 g/mol. The lowest BCUT2D eigenvalue weighted by molar-refractivity contribution is -0.141. The van der Waals surface area contributed by atoms with Gasteiger partial charge in [-0.3, -0.25) is 18.8 Å². The summed E-state index contributed by atoms with van der Waals surface area (Å²) >= 11 is 6.62. The lowest BCUT2D eigenvalue weighted by atomic mass is 10.0. The molecule has 0 unspecified atom stereocenters. The first kappa shape index (κ1) is 44.0. The van der Waals surface area contributed by atoms with E-state index in [1.165, 1.54) is 19.2 Å². The molecule has 1 amide bonds. The van der Waals surface area contributed by atoms with Crippen molar-refractivity contribution in [3.05, 3.63) is 111 Å². The van der Waals surface area contributed by atoms with Crippen LogP contribution in [0.3, 0.4) is 0 Å². The van der Waals surface area contributed by atoms with Crippen LogP contribution in [-0.4, -0.2) is 88.3 Å². The zero-order valence-electron chi connectivity index (χ0n) is 33.1. The summed E-state index contributed by atoms with van der Waals surface area (Å²) in [6.45, 7) is 2.77. The molecule has 15 nitrogen and oxygen atoms in total. The highest BCUT2D eigenvalue weighted by Gasteiger charge is 2.34. The van der Waals surface area contributed by atoms with E-state index in [1.54, 1.807) is 30.3 Å². The number of carboxylic acid groups (broad SMARTS) is 1. The van der Waals surface area contributed by atoms with Crippen molar-refractivity contribution >= 4 is 61.3 Å². The molecule has 0 aliphatic carbocycles. The van der Waals surface area contributed by atoms with Crippen LogP contribution < -0.4 is 25.2 Å². The maximum atomic E-state index is 14.9. The van der Waals surface area contributed by atoms with Crippen molar-refractivity contribution in [3.63, 3.8) is 0 Å². The molecule has 1 aliphatic rings. The molecule has 4 heterocycles. The highest BCUT2D eigenvalue weighted by Crippen LogP contribution is 2.37. The van der Waals surface area contributed by atoms with E-state index >= 15 is 0 Å². The number of alkyl halides is 3. The molecule has 328 valence electrons. The number of nitrogens with zero attached hydrogens (tertiary/aromatic N) is 6. The Hall–Kier alpha value is -6.06. The molecule has 1 aliphatic heterocycles. The van der Waals surface area contributed by atoms with Crippen molar-refractivity contribution in [2.75, 3.05) is 35.6 Å². The Labute approximate surface area is 355 Å². The number of pyridine rings is 1. The minimum absolute atomic E-state index is 0.00642. The Morgan fingerprint density at radius 2 is 1.68 bits per heavy atom. The van der Waals surface area contributed by atoms with E-state index < -0.39 is 81.4 Å². The Bertz CT molecular complexity index is 2810. The van der Waals surface area contributed by atoms with E-state index in [0.29, 0.717) is 41.0 Å². The van der Waals surface area contributed by atoms with Gasteiger partial charge in [0.2, 0.25) is 10.0 Å². The van der Waals surface area contributed by atoms with Crippen LogP contribution in [0.5, 0.6) is 5.75 Å². The van der Waals surface area contributed by atoms with Crippen molar-refractivity contribution < 1.29 is 49.7 Å². The number of amides is 1. The third-order valence-electron chi connectivity index (χ3n) is 9.92. The second-order valence-corrected chi connectivity index (χ2v) is 17.0. The van der Waals surface area contributed by atoms with Gasteiger partial charge in [-0.1, -0.05) is 23.7 Å². The van der Waals surface area contributed by atoms with Gasteiger partial charge in [-0.05, 0) is 79.9 Å². The minimum atomic E-state index is -4.96. The van der Waals surface area contributed by atoms with Gasteiger partial charge in [0, 0.05) is 25.6 Å². The largest absolute Gasteiger partial charge is 0.497 e. The van der Waals surface area contributed by atoms with Gasteiger partial charge in [0.1, 0.15) is 35.6 Å². The predicted molar refractivity (Wildman–Crippen MR) is 220 cm³/mol. The first-order chi connectivity index (χ1) is 29.3. The number of rotatable bonds is 13. The monoisotopic (exact) mass is 904 g/mol. The van der Waals surface area contributed by atoms with Crippen LogP contribution >= 0.6 is 11.6 Å². The van der Waals surface area contributed by atoms with Crippen molar-refractivity contribution in [1.82, 2.24) is 29.6 Å². The summed E-state index contributed by atoms with van der Waals surface area (Å²) in [7, 11) is -2.86. The molecule has 6 aromatic rings. The number of fused-ring (bicyclic) bond motifs is 2. The van der Waals surface area contributed by atoms with Crippen molar-refractivity contribution in [2.24, 2.45) is 0 Å². The topological polar surface area (TPSA) is 183 Å². The van der Waals surface area contributed by atoms with Gasteiger partial charge in [0.25, 0.3) is 5.56 Å². The normalized spacial score (nSPS) is 16.4. The molecule has 3 aromatic carbocycles. The van der Waals surface area contributed by atoms with Crippen LogP contribution in [0.1, 0.15) is 36.8 Å². The van der Waals surface area contributed by atoms with Crippen LogP contribution in [0, 0.1) is 11.6 Å². The zero-order chi connectivity index (χ0) is 44.7. The molecule has 0 radical (unpaired) electrons. The van der Waals surface area contributed by atoms with Crippen molar-refractivity contribution in [3.8, 4) is 11.4 Å². The number of ether oxygens (including phenoxy) is 2. The first-order valence-electron chi connectivity index (χ1n) is 19.0. The third kappa shape index (κ3) is 9.84. The smallest absolute Gasteiger partial charge is 0.408 e. The predicted octanol–water partition coefficient (Wildman–Crippen LogP) is 6.78. The van der Waals surface area contributed by atoms with Gasteiger partial charge in [-0.25, -0.2) is 32.0 Å². The van der Waals surface area contributed by atoms with Gasteiger partial charge in [-0.2, -0.15) is 18.3 Å². The van der Waals surface area contributed by atoms with Crippen LogP contribution in [0.25, 0.3) is 27.6 Å². The Balaban J connectivity index is 1.44. The Morgan fingerprint density at radius 1 is 1.00 bits per heavy atom. The van der Waals surface area contributed by atoms with Gasteiger partial charge < -0.3 is 24.8 Å². The second-order valence-electron chi connectivity index (χ2n) is 14.7. The number of hydrogen-bond acceptors (Lipinski definition) is 10. The summed E-state index contributed by atoms with van der Waals surface area (Å²) < 4.78 is 113. The molecule has 1 fully saturated rings. The first-order valence-corrected chi connectivity index (χ1v) is 21.0. The number of aromatic nitrogens is 5. The fourth-order valence-electron chi connectivity index (χ4n) is 7.44. The molecule has 0 saturated carbocycles. The number of morpholine rings is 1. The van der Waals surface area contributed by atoms with Crippen molar-refractivity contribution in [2.45, 2.75) is 57.7 Å². The number of aryl methyl sites for hydroxylation is 1.